The standard InChI is InChI=1S/C11H17NO5/c1-16-11(10(14)15)4-5-12(7-11)9(13)8-3-2-6-17-8/h8H,2-7H2,1H3,(H,14,15). The van der Waals surface area contributed by atoms with Crippen LogP contribution in [0.4, 0.5) is 0 Å². The largest absolute Gasteiger partial charge is 0.479 e. The van der Waals surface area contributed by atoms with Crippen LogP contribution in [0.1, 0.15) is 19.3 Å². The lowest BCUT2D eigenvalue weighted by Crippen LogP contribution is -2.46. The van der Waals surface area contributed by atoms with E-state index in [9.17, 15) is 9.59 Å². The fourth-order valence-corrected chi connectivity index (χ4v) is 2.37. The minimum Gasteiger partial charge on any atom is -0.479 e. The molecule has 0 aromatic rings. The quantitative estimate of drug-likeness (QED) is 0.747. The monoisotopic (exact) mass is 243 g/mol. The smallest absolute Gasteiger partial charge is 0.337 e. The number of carboxylic acid groups (broad SMARTS) is 1. The van der Waals surface area contributed by atoms with Crippen LogP contribution in [-0.4, -0.2) is 60.4 Å². The maximum Gasteiger partial charge on any atom is 0.337 e. The summed E-state index contributed by atoms with van der Waals surface area (Å²) in [6.07, 6.45) is 1.55. The number of rotatable bonds is 3. The van der Waals surface area contributed by atoms with Gasteiger partial charge in [0.1, 0.15) is 6.10 Å². The molecule has 0 radical (unpaired) electrons. The normalized spacial score (nSPS) is 33.0. The molecule has 2 unspecified atom stereocenters. The fraction of sp³-hybridized carbons (Fsp3) is 0.818. The second kappa shape index (κ2) is 4.62. The Morgan fingerprint density at radius 1 is 1.53 bits per heavy atom. The fourth-order valence-electron chi connectivity index (χ4n) is 2.37. The molecule has 1 amide bonds. The van der Waals surface area contributed by atoms with Crippen molar-refractivity contribution < 1.29 is 24.2 Å². The highest BCUT2D eigenvalue weighted by Gasteiger charge is 2.47. The summed E-state index contributed by atoms with van der Waals surface area (Å²) < 4.78 is 10.4. The van der Waals surface area contributed by atoms with Crippen LogP contribution in [0.5, 0.6) is 0 Å². The Bertz CT molecular complexity index is 326. The van der Waals surface area contributed by atoms with Crippen LogP contribution >= 0.6 is 0 Å². The molecule has 0 spiro atoms. The number of hydrogen-bond donors (Lipinski definition) is 1. The molecule has 2 aliphatic rings. The number of carbonyl (C=O) groups excluding carboxylic acids is 1. The summed E-state index contributed by atoms with van der Waals surface area (Å²) in [5.74, 6) is -1.12. The lowest BCUT2D eigenvalue weighted by Gasteiger charge is -2.24. The van der Waals surface area contributed by atoms with Crippen LogP contribution in [0, 0.1) is 0 Å². The third-order valence-corrected chi connectivity index (χ3v) is 3.53. The molecule has 2 atom stereocenters. The third kappa shape index (κ3) is 2.14. The molecule has 6 nitrogen and oxygen atoms in total. The highest BCUT2D eigenvalue weighted by Crippen LogP contribution is 2.27. The molecule has 2 heterocycles. The maximum atomic E-state index is 12.0. The van der Waals surface area contributed by atoms with Gasteiger partial charge in [-0.15, -0.1) is 0 Å². The maximum absolute atomic E-state index is 12.0. The number of nitrogens with zero attached hydrogens (tertiary/aromatic N) is 1. The van der Waals surface area contributed by atoms with Gasteiger partial charge in [0.25, 0.3) is 5.91 Å². The number of carboxylic acids is 1. The van der Waals surface area contributed by atoms with E-state index in [4.69, 9.17) is 14.6 Å². The molecule has 0 aromatic heterocycles. The van der Waals surface area contributed by atoms with Crippen molar-refractivity contribution in [2.75, 3.05) is 26.8 Å². The number of hydrogen-bond acceptors (Lipinski definition) is 4. The summed E-state index contributed by atoms with van der Waals surface area (Å²) in [5, 5.41) is 9.13. The number of aliphatic carboxylic acids is 1. The summed E-state index contributed by atoms with van der Waals surface area (Å²) in [7, 11) is 1.37. The molecule has 2 rings (SSSR count). The number of ether oxygens (including phenoxy) is 2. The van der Waals surface area contributed by atoms with Crippen LogP contribution in [0.3, 0.4) is 0 Å². The zero-order valence-electron chi connectivity index (χ0n) is 9.85. The zero-order chi connectivity index (χ0) is 12.5. The van der Waals surface area contributed by atoms with E-state index in [0.29, 0.717) is 19.6 Å². The second-order valence-corrected chi connectivity index (χ2v) is 4.52. The van der Waals surface area contributed by atoms with E-state index in [1.54, 1.807) is 0 Å². The number of carbonyl (C=O) groups is 2. The third-order valence-electron chi connectivity index (χ3n) is 3.53. The highest BCUT2D eigenvalue weighted by molar-refractivity contribution is 5.84. The van der Waals surface area contributed by atoms with Gasteiger partial charge in [-0.2, -0.15) is 0 Å². The van der Waals surface area contributed by atoms with Crippen molar-refractivity contribution in [2.45, 2.75) is 31.0 Å². The second-order valence-electron chi connectivity index (χ2n) is 4.52. The Balaban J connectivity index is 2.01. The van der Waals surface area contributed by atoms with E-state index in [-0.39, 0.29) is 12.5 Å². The molecule has 2 saturated heterocycles. The van der Waals surface area contributed by atoms with Crippen molar-refractivity contribution >= 4 is 11.9 Å². The lowest BCUT2D eigenvalue weighted by atomic mass is 10.0. The molecule has 2 fully saturated rings. The van der Waals surface area contributed by atoms with Gasteiger partial charge in [0.05, 0.1) is 6.54 Å². The van der Waals surface area contributed by atoms with Crippen molar-refractivity contribution in [1.82, 2.24) is 4.90 Å². The van der Waals surface area contributed by atoms with Crippen LogP contribution in [0.15, 0.2) is 0 Å². The van der Waals surface area contributed by atoms with Crippen LogP contribution in [0.25, 0.3) is 0 Å². The first-order valence-corrected chi connectivity index (χ1v) is 5.78. The van der Waals surface area contributed by atoms with Gasteiger partial charge in [0, 0.05) is 26.7 Å². The first-order chi connectivity index (χ1) is 8.09. The number of methoxy groups -OCH3 is 1. The first kappa shape index (κ1) is 12.3. The lowest BCUT2D eigenvalue weighted by molar-refractivity contribution is -0.161. The number of amides is 1. The van der Waals surface area contributed by atoms with Gasteiger partial charge in [0.15, 0.2) is 5.60 Å². The zero-order valence-corrected chi connectivity index (χ0v) is 9.85. The predicted octanol–water partition coefficient (Wildman–Crippen LogP) is -0.132. The average molecular weight is 243 g/mol. The van der Waals surface area contributed by atoms with Crippen LogP contribution in [0.2, 0.25) is 0 Å². The van der Waals surface area contributed by atoms with Crippen LogP contribution in [-0.2, 0) is 19.1 Å². The van der Waals surface area contributed by atoms with E-state index in [2.05, 4.69) is 0 Å². The topological polar surface area (TPSA) is 76.1 Å². The van der Waals surface area contributed by atoms with E-state index in [1.165, 1.54) is 12.0 Å². The first-order valence-electron chi connectivity index (χ1n) is 5.78. The molecule has 2 aliphatic heterocycles. The predicted molar refractivity (Wildman–Crippen MR) is 57.5 cm³/mol. The molecule has 0 bridgehead atoms. The molecule has 0 aliphatic carbocycles. The molecular weight excluding hydrogens is 226 g/mol. The SMILES string of the molecule is COC1(C(=O)O)CCN(C(=O)C2CCCO2)C1. The molecule has 17 heavy (non-hydrogen) atoms. The van der Waals surface area contributed by atoms with Crippen molar-refractivity contribution in [1.29, 1.82) is 0 Å². The van der Waals surface area contributed by atoms with Crippen molar-refractivity contribution in [2.24, 2.45) is 0 Å². The van der Waals surface area contributed by atoms with Gasteiger partial charge >= 0.3 is 5.97 Å². The van der Waals surface area contributed by atoms with Crippen molar-refractivity contribution in [3.63, 3.8) is 0 Å². The Labute approximate surface area is 99.5 Å². The minimum absolute atomic E-state index is 0.109. The molecule has 1 N–H and O–H groups in total. The van der Waals surface area contributed by atoms with Gasteiger partial charge < -0.3 is 19.5 Å². The van der Waals surface area contributed by atoms with Crippen LogP contribution < -0.4 is 0 Å². The molecular formula is C11H17NO5. The Morgan fingerprint density at radius 3 is 2.76 bits per heavy atom. The Hall–Kier alpha value is -1.14. The van der Waals surface area contributed by atoms with E-state index in [0.717, 1.165) is 12.8 Å². The van der Waals surface area contributed by atoms with Crippen molar-refractivity contribution in [3.8, 4) is 0 Å². The van der Waals surface area contributed by atoms with Gasteiger partial charge in [-0.05, 0) is 12.8 Å². The van der Waals surface area contributed by atoms with E-state index >= 15 is 0 Å². The summed E-state index contributed by atoms with van der Waals surface area (Å²) in [6, 6.07) is 0. The van der Waals surface area contributed by atoms with Gasteiger partial charge in [-0.3, -0.25) is 4.79 Å². The summed E-state index contributed by atoms with van der Waals surface area (Å²) in [5.41, 5.74) is -1.24. The number of likely N-dealkylation sites (tertiary alicyclic amines) is 1. The van der Waals surface area contributed by atoms with Gasteiger partial charge in [-0.1, -0.05) is 0 Å². The molecule has 6 heteroatoms. The summed E-state index contributed by atoms with van der Waals surface area (Å²) >= 11 is 0. The Morgan fingerprint density at radius 2 is 2.29 bits per heavy atom. The summed E-state index contributed by atoms with van der Waals surface area (Å²) in [4.78, 5) is 24.7. The van der Waals surface area contributed by atoms with Gasteiger partial charge in [-0.25, -0.2) is 4.79 Å². The molecule has 96 valence electrons. The van der Waals surface area contributed by atoms with E-state index in [1.807, 2.05) is 0 Å². The van der Waals surface area contributed by atoms with Gasteiger partial charge in [0.2, 0.25) is 0 Å². The van der Waals surface area contributed by atoms with Crippen molar-refractivity contribution in [3.05, 3.63) is 0 Å². The Kier molecular flexibility index (Phi) is 3.35. The average Bonchev–Trinajstić information content (AvgIpc) is 2.98. The molecule has 0 saturated carbocycles. The summed E-state index contributed by atoms with van der Waals surface area (Å²) in [6.45, 7) is 1.13. The molecule has 0 aromatic carbocycles. The highest BCUT2D eigenvalue weighted by atomic mass is 16.5. The van der Waals surface area contributed by atoms with E-state index < -0.39 is 17.7 Å². The minimum atomic E-state index is -1.24.